The molecular weight excluding hydrogens is 204 g/mol. The van der Waals surface area contributed by atoms with Crippen molar-refractivity contribution in [2.24, 2.45) is 0 Å². The number of carbonyl (C=O) groups is 1. The lowest BCUT2D eigenvalue weighted by Gasteiger charge is -2.32. The Kier molecular flexibility index (Phi) is 3.82. The lowest BCUT2D eigenvalue weighted by Crippen LogP contribution is -2.49. The first-order chi connectivity index (χ1) is 7.68. The third-order valence-corrected chi connectivity index (χ3v) is 3.71. The molecular formula is C12H22N2O2. The smallest absolute Gasteiger partial charge is 0.320 e. The summed E-state index contributed by atoms with van der Waals surface area (Å²) in [6, 6.07) is 0.683. The molecule has 0 aromatic carbocycles. The van der Waals surface area contributed by atoms with Gasteiger partial charge in [-0.25, -0.2) is 0 Å². The number of piperidine rings is 1. The summed E-state index contributed by atoms with van der Waals surface area (Å²) in [4.78, 5) is 13.2. The van der Waals surface area contributed by atoms with Crippen LogP contribution < -0.4 is 5.32 Å². The lowest BCUT2D eigenvalue weighted by atomic mass is 10.0. The molecule has 2 N–H and O–H groups in total. The van der Waals surface area contributed by atoms with E-state index < -0.39 is 5.97 Å². The molecule has 1 saturated carbocycles. The predicted molar refractivity (Wildman–Crippen MR) is 62.5 cm³/mol. The highest BCUT2D eigenvalue weighted by atomic mass is 16.4. The van der Waals surface area contributed by atoms with Gasteiger partial charge in [0.25, 0.3) is 0 Å². The van der Waals surface area contributed by atoms with Crippen LogP contribution in [-0.4, -0.2) is 47.2 Å². The summed E-state index contributed by atoms with van der Waals surface area (Å²) in [5.74, 6) is -0.692. The summed E-state index contributed by atoms with van der Waals surface area (Å²) in [7, 11) is 0. The summed E-state index contributed by atoms with van der Waals surface area (Å²) in [6.45, 7) is 3.80. The maximum Gasteiger partial charge on any atom is 0.320 e. The zero-order valence-corrected chi connectivity index (χ0v) is 9.98. The van der Waals surface area contributed by atoms with Crippen LogP contribution in [0.15, 0.2) is 0 Å². The highest BCUT2D eigenvalue weighted by Gasteiger charge is 2.36. The number of nitrogens with zero attached hydrogens (tertiary/aromatic N) is 1. The molecule has 0 bridgehead atoms. The zero-order valence-electron chi connectivity index (χ0n) is 9.98. The second-order valence-electron chi connectivity index (χ2n) is 5.09. The number of hydrogen-bond donors (Lipinski definition) is 2. The maximum absolute atomic E-state index is 11.1. The van der Waals surface area contributed by atoms with E-state index in [-0.39, 0.29) is 6.04 Å². The summed E-state index contributed by atoms with van der Waals surface area (Å²) in [5.41, 5.74) is 0. The highest BCUT2D eigenvalue weighted by molar-refractivity contribution is 5.73. The average molecular weight is 226 g/mol. The minimum Gasteiger partial charge on any atom is -0.480 e. The second-order valence-corrected chi connectivity index (χ2v) is 5.09. The standard InChI is InChI=1S/C12H22N2O2/c1-9(12(15)16)14(11-5-6-11)8-10-4-2-3-7-13-10/h9-11,13H,2-8H2,1H3,(H,15,16). The first-order valence-corrected chi connectivity index (χ1v) is 6.40. The van der Waals surface area contributed by atoms with Gasteiger partial charge in [0.05, 0.1) is 0 Å². The molecule has 1 heterocycles. The predicted octanol–water partition coefficient (Wildman–Crippen LogP) is 1.07. The van der Waals surface area contributed by atoms with Gasteiger partial charge < -0.3 is 10.4 Å². The Labute approximate surface area is 97.0 Å². The summed E-state index contributed by atoms with van der Waals surface area (Å²) >= 11 is 0. The molecule has 1 aliphatic carbocycles. The Hall–Kier alpha value is -0.610. The van der Waals surface area contributed by atoms with Gasteiger partial charge in [0.1, 0.15) is 6.04 Å². The number of aliphatic carboxylic acids is 1. The van der Waals surface area contributed by atoms with Gasteiger partial charge in [0.15, 0.2) is 0 Å². The molecule has 1 aliphatic heterocycles. The van der Waals surface area contributed by atoms with Crippen molar-refractivity contribution >= 4 is 5.97 Å². The van der Waals surface area contributed by atoms with Crippen LogP contribution in [0.5, 0.6) is 0 Å². The van der Waals surface area contributed by atoms with E-state index in [4.69, 9.17) is 5.11 Å². The third kappa shape index (κ3) is 2.95. The van der Waals surface area contributed by atoms with Gasteiger partial charge in [0.2, 0.25) is 0 Å². The molecule has 0 spiro atoms. The number of nitrogens with one attached hydrogen (secondary N) is 1. The van der Waals surface area contributed by atoms with E-state index >= 15 is 0 Å². The van der Waals surface area contributed by atoms with Crippen molar-refractivity contribution < 1.29 is 9.90 Å². The Balaban J connectivity index is 1.88. The van der Waals surface area contributed by atoms with Crippen molar-refractivity contribution in [2.75, 3.05) is 13.1 Å². The largest absolute Gasteiger partial charge is 0.480 e. The number of carboxylic acid groups (broad SMARTS) is 1. The Morgan fingerprint density at radius 2 is 2.19 bits per heavy atom. The molecule has 0 amide bonds. The van der Waals surface area contributed by atoms with Crippen molar-refractivity contribution in [2.45, 2.75) is 57.2 Å². The van der Waals surface area contributed by atoms with Crippen molar-refractivity contribution in [3.63, 3.8) is 0 Å². The van der Waals surface area contributed by atoms with Crippen LogP contribution >= 0.6 is 0 Å². The maximum atomic E-state index is 11.1. The quantitative estimate of drug-likeness (QED) is 0.736. The van der Waals surface area contributed by atoms with Gasteiger partial charge >= 0.3 is 5.97 Å². The van der Waals surface area contributed by atoms with E-state index in [1.807, 2.05) is 6.92 Å². The van der Waals surface area contributed by atoms with E-state index in [0.717, 1.165) is 13.1 Å². The van der Waals surface area contributed by atoms with Crippen LogP contribution in [0.4, 0.5) is 0 Å². The molecule has 0 aromatic rings. The van der Waals surface area contributed by atoms with Gasteiger partial charge in [-0.15, -0.1) is 0 Å². The van der Waals surface area contributed by atoms with Gasteiger partial charge in [-0.05, 0) is 39.2 Å². The van der Waals surface area contributed by atoms with E-state index in [0.29, 0.717) is 12.1 Å². The van der Waals surface area contributed by atoms with Gasteiger partial charge in [-0.1, -0.05) is 6.42 Å². The topological polar surface area (TPSA) is 52.6 Å². The monoisotopic (exact) mass is 226 g/mol. The van der Waals surface area contributed by atoms with Gasteiger partial charge in [-0.2, -0.15) is 0 Å². The summed E-state index contributed by atoms with van der Waals surface area (Å²) in [6.07, 6.45) is 6.07. The van der Waals surface area contributed by atoms with E-state index in [1.54, 1.807) is 0 Å². The summed E-state index contributed by atoms with van der Waals surface area (Å²) in [5, 5.41) is 12.6. The first-order valence-electron chi connectivity index (χ1n) is 6.40. The fourth-order valence-electron chi connectivity index (χ4n) is 2.51. The van der Waals surface area contributed by atoms with Crippen molar-refractivity contribution in [3.05, 3.63) is 0 Å². The molecule has 4 nitrogen and oxygen atoms in total. The van der Waals surface area contributed by atoms with Crippen molar-refractivity contribution in [1.82, 2.24) is 10.2 Å². The number of hydrogen-bond acceptors (Lipinski definition) is 3. The Morgan fingerprint density at radius 3 is 2.69 bits per heavy atom. The van der Waals surface area contributed by atoms with Crippen LogP contribution in [0.1, 0.15) is 39.0 Å². The Bertz CT molecular complexity index is 247. The van der Waals surface area contributed by atoms with E-state index in [9.17, 15) is 4.79 Å². The molecule has 2 rings (SSSR count). The molecule has 1 saturated heterocycles. The third-order valence-electron chi connectivity index (χ3n) is 3.71. The summed E-state index contributed by atoms with van der Waals surface area (Å²) < 4.78 is 0. The normalized spacial score (nSPS) is 28.0. The minimum absolute atomic E-state index is 0.337. The molecule has 2 atom stereocenters. The number of carboxylic acids is 1. The van der Waals surface area contributed by atoms with Gasteiger partial charge in [0, 0.05) is 18.6 Å². The second kappa shape index (κ2) is 5.15. The average Bonchev–Trinajstić information content (AvgIpc) is 3.10. The first kappa shape index (κ1) is 11.9. The molecule has 0 aromatic heterocycles. The molecule has 16 heavy (non-hydrogen) atoms. The van der Waals surface area contributed by atoms with Crippen molar-refractivity contribution in [1.29, 1.82) is 0 Å². The fourth-order valence-corrected chi connectivity index (χ4v) is 2.51. The molecule has 2 fully saturated rings. The van der Waals surface area contributed by atoms with E-state index in [1.165, 1.54) is 32.1 Å². The van der Waals surface area contributed by atoms with Crippen LogP contribution in [0.25, 0.3) is 0 Å². The molecule has 2 unspecified atom stereocenters. The van der Waals surface area contributed by atoms with Crippen LogP contribution in [0.3, 0.4) is 0 Å². The van der Waals surface area contributed by atoms with E-state index in [2.05, 4.69) is 10.2 Å². The van der Waals surface area contributed by atoms with Crippen molar-refractivity contribution in [3.8, 4) is 0 Å². The molecule has 0 radical (unpaired) electrons. The zero-order chi connectivity index (χ0) is 11.5. The van der Waals surface area contributed by atoms with Crippen LogP contribution in [-0.2, 0) is 4.79 Å². The Morgan fingerprint density at radius 1 is 1.44 bits per heavy atom. The number of rotatable bonds is 5. The van der Waals surface area contributed by atoms with Gasteiger partial charge in [-0.3, -0.25) is 9.69 Å². The minimum atomic E-state index is -0.692. The molecule has 4 heteroatoms. The molecule has 92 valence electrons. The highest BCUT2D eigenvalue weighted by Crippen LogP contribution is 2.29. The molecule has 2 aliphatic rings. The SMILES string of the molecule is CC(C(=O)O)N(CC1CCCCN1)C1CC1. The van der Waals surface area contributed by atoms with Crippen LogP contribution in [0, 0.1) is 0 Å². The van der Waals surface area contributed by atoms with Crippen LogP contribution in [0.2, 0.25) is 0 Å². The fraction of sp³-hybridized carbons (Fsp3) is 0.917. The lowest BCUT2D eigenvalue weighted by molar-refractivity contribution is -0.143.